The molecule has 6 heteroatoms. The Kier molecular flexibility index (Phi) is 6.56. The van der Waals surface area contributed by atoms with E-state index in [2.05, 4.69) is 10.3 Å². The van der Waals surface area contributed by atoms with Crippen LogP contribution in [0.25, 0.3) is 0 Å². The maximum Gasteiger partial charge on any atom is 0.193 e. The third kappa shape index (κ3) is 4.99. The van der Waals surface area contributed by atoms with E-state index in [-0.39, 0.29) is 24.0 Å². The minimum atomic E-state index is 0. The summed E-state index contributed by atoms with van der Waals surface area (Å²) in [6, 6.07) is 15.5. The first-order valence-corrected chi connectivity index (χ1v) is 7.96. The Labute approximate surface area is 163 Å². The summed E-state index contributed by atoms with van der Waals surface area (Å²) >= 11 is 12.2. The van der Waals surface area contributed by atoms with Crippen LogP contribution >= 0.6 is 47.2 Å². The third-order valence-electron chi connectivity index (χ3n) is 3.83. The number of halogens is 3. The first kappa shape index (κ1) is 18.4. The van der Waals surface area contributed by atoms with Crippen molar-refractivity contribution in [3.05, 3.63) is 64.1 Å². The topological polar surface area (TPSA) is 50.4 Å². The highest BCUT2D eigenvalue weighted by Gasteiger charge is 2.39. The summed E-state index contributed by atoms with van der Waals surface area (Å²) in [5.74, 6) is 1.40. The number of nitrogens with two attached hydrogens (primary N) is 1. The van der Waals surface area contributed by atoms with E-state index in [1.54, 1.807) is 6.07 Å². The Hall–Kier alpha value is -0.980. The van der Waals surface area contributed by atoms with E-state index in [0.717, 1.165) is 22.7 Å². The molecule has 0 aliphatic heterocycles. The van der Waals surface area contributed by atoms with Crippen LogP contribution in [-0.4, -0.2) is 12.5 Å². The molecule has 3 N–H and O–H groups in total. The molecule has 1 aliphatic rings. The highest BCUT2D eigenvalue weighted by atomic mass is 127. The van der Waals surface area contributed by atoms with Crippen LogP contribution in [0.5, 0.6) is 0 Å². The highest BCUT2D eigenvalue weighted by molar-refractivity contribution is 14.0. The summed E-state index contributed by atoms with van der Waals surface area (Å²) in [5.41, 5.74) is 8.01. The summed E-state index contributed by atoms with van der Waals surface area (Å²) in [6.07, 6.45) is 1.09. The second kappa shape index (κ2) is 8.22. The molecule has 23 heavy (non-hydrogen) atoms. The standard InChI is InChI=1S/C17H17Cl2N3.HI/c18-12-6-7-14(16(19)9-12)15-8-11(15)10-21-17(20)22-13-4-2-1-3-5-13;/h1-7,9,11,15H,8,10H2,(H3,20,21,22);1H. The van der Waals surface area contributed by atoms with Gasteiger partial charge in [-0.15, -0.1) is 24.0 Å². The zero-order valence-corrected chi connectivity index (χ0v) is 16.2. The number of rotatable bonds is 4. The zero-order valence-electron chi connectivity index (χ0n) is 12.4. The van der Waals surface area contributed by atoms with Gasteiger partial charge in [-0.25, -0.2) is 0 Å². The normalized spacial score (nSPS) is 19.8. The second-order valence-electron chi connectivity index (χ2n) is 5.49. The largest absolute Gasteiger partial charge is 0.370 e. The molecule has 2 aromatic carbocycles. The molecule has 0 spiro atoms. The van der Waals surface area contributed by atoms with E-state index in [9.17, 15) is 0 Å². The van der Waals surface area contributed by atoms with Crippen LogP contribution in [0.1, 0.15) is 17.9 Å². The summed E-state index contributed by atoms with van der Waals surface area (Å²) in [7, 11) is 0. The maximum atomic E-state index is 6.24. The van der Waals surface area contributed by atoms with Gasteiger partial charge in [0.05, 0.1) is 0 Å². The lowest BCUT2D eigenvalue weighted by Crippen LogP contribution is -2.23. The summed E-state index contributed by atoms with van der Waals surface area (Å²) in [6.45, 7) is 0.704. The van der Waals surface area contributed by atoms with Crippen molar-refractivity contribution >= 4 is 58.8 Å². The average Bonchev–Trinajstić information content (AvgIpc) is 3.25. The van der Waals surface area contributed by atoms with Crippen molar-refractivity contribution in [2.24, 2.45) is 16.6 Å². The SMILES string of the molecule is I.NC(=NCC1CC1c1ccc(Cl)cc1Cl)Nc1ccccc1. The monoisotopic (exact) mass is 461 g/mol. The Morgan fingerprint density at radius 1 is 1.17 bits per heavy atom. The van der Waals surface area contributed by atoms with Gasteiger partial charge in [0.15, 0.2) is 5.96 Å². The van der Waals surface area contributed by atoms with Crippen LogP contribution in [0.3, 0.4) is 0 Å². The van der Waals surface area contributed by atoms with Crippen molar-refractivity contribution < 1.29 is 0 Å². The van der Waals surface area contributed by atoms with Crippen molar-refractivity contribution in [3.63, 3.8) is 0 Å². The molecule has 0 saturated heterocycles. The number of para-hydroxylation sites is 1. The van der Waals surface area contributed by atoms with Gasteiger partial charge >= 0.3 is 0 Å². The molecule has 2 aromatic rings. The molecule has 3 nitrogen and oxygen atoms in total. The average molecular weight is 462 g/mol. The minimum absolute atomic E-state index is 0. The number of anilines is 1. The first-order valence-electron chi connectivity index (χ1n) is 7.20. The highest BCUT2D eigenvalue weighted by Crippen LogP contribution is 2.50. The van der Waals surface area contributed by atoms with Crippen LogP contribution in [0.4, 0.5) is 5.69 Å². The minimum Gasteiger partial charge on any atom is -0.370 e. The van der Waals surface area contributed by atoms with Gasteiger partial charge in [-0.1, -0.05) is 47.5 Å². The van der Waals surface area contributed by atoms with Gasteiger partial charge in [0.25, 0.3) is 0 Å². The van der Waals surface area contributed by atoms with Gasteiger partial charge in [0.1, 0.15) is 0 Å². The fourth-order valence-corrected chi connectivity index (χ4v) is 3.11. The fraction of sp³-hybridized carbons (Fsp3) is 0.235. The predicted octanol–water partition coefficient (Wildman–Crippen LogP) is 5.14. The van der Waals surface area contributed by atoms with Crippen molar-refractivity contribution in [2.45, 2.75) is 12.3 Å². The molecule has 0 heterocycles. The molecule has 1 aliphatic carbocycles. The number of guanidine groups is 1. The maximum absolute atomic E-state index is 6.24. The predicted molar refractivity (Wildman–Crippen MR) is 109 cm³/mol. The molecule has 2 atom stereocenters. The lowest BCUT2D eigenvalue weighted by atomic mass is 10.1. The van der Waals surface area contributed by atoms with Gasteiger partial charge < -0.3 is 11.1 Å². The second-order valence-corrected chi connectivity index (χ2v) is 6.33. The van der Waals surface area contributed by atoms with Gasteiger partial charge in [-0.3, -0.25) is 4.99 Å². The smallest absolute Gasteiger partial charge is 0.193 e. The molecule has 0 bridgehead atoms. The lowest BCUT2D eigenvalue weighted by Gasteiger charge is -2.05. The van der Waals surface area contributed by atoms with Crippen molar-refractivity contribution in [1.82, 2.24) is 0 Å². The number of benzene rings is 2. The molecule has 122 valence electrons. The van der Waals surface area contributed by atoms with Crippen LogP contribution in [0.15, 0.2) is 53.5 Å². The molecule has 2 unspecified atom stereocenters. The number of aliphatic imine (C=N–C) groups is 1. The molecule has 3 rings (SSSR count). The van der Waals surface area contributed by atoms with Crippen LogP contribution in [0, 0.1) is 5.92 Å². The van der Waals surface area contributed by atoms with Gasteiger partial charge in [-0.2, -0.15) is 0 Å². The van der Waals surface area contributed by atoms with Crippen molar-refractivity contribution in [1.29, 1.82) is 0 Å². The van der Waals surface area contributed by atoms with Crippen molar-refractivity contribution in [2.75, 3.05) is 11.9 Å². The molecule has 0 radical (unpaired) electrons. The van der Waals surface area contributed by atoms with E-state index in [0.29, 0.717) is 29.4 Å². The molecule has 0 aromatic heterocycles. The lowest BCUT2D eigenvalue weighted by molar-refractivity contribution is 0.809. The van der Waals surface area contributed by atoms with E-state index in [1.165, 1.54) is 0 Å². The Balaban J connectivity index is 0.00000192. The fourth-order valence-electron chi connectivity index (χ4n) is 2.56. The summed E-state index contributed by atoms with van der Waals surface area (Å²) < 4.78 is 0. The van der Waals surface area contributed by atoms with Gasteiger partial charge in [0.2, 0.25) is 0 Å². The number of nitrogens with zero attached hydrogens (tertiary/aromatic N) is 1. The Bertz CT molecular complexity index is 691. The number of nitrogens with one attached hydrogen (secondary N) is 1. The number of hydrogen-bond donors (Lipinski definition) is 2. The Morgan fingerprint density at radius 3 is 2.61 bits per heavy atom. The van der Waals surface area contributed by atoms with E-state index >= 15 is 0 Å². The Morgan fingerprint density at radius 2 is 1.91 bits per heavy atom. The third-order valence-corrected chi connectivity index (χ3v) is 4.39. The van der Waals surface area contributed by atoms with E-state index in [4.69, 9.17) is 28.9 Å². The molecule has 1 saturated carbocycles. The molecule has 0 amide bonds. The van der Waals surface area contributed by atoms with Gasteiger partial charge in [-0.05, 0) is 48.1 Å². The molecular weight excluding hydrogens is 444 g/mol. The summed E-state index contributed by atoms with van der Waals surface area (Å²) in [4.78, 5) is 4.42. The summed E-state index contributed by atoms with van der Waals surface area (Å²) in [5, 5.41) is 4.49. The van der Waals surface area contributed by atoms with Crippen molar-refractivity contribution in [3.8, 4) is 0 Å². The molecular formula is C17H18Cl2IN3. The van der Waals surface area contributed by atoms with Crippen LogP contribution in [-0.2, 0) is 0 Å². The van der Waals surface area contributed by atoms with Crippen LogP contribution < -0.4 is 11.1 Å². The zero-order chi connectivity index (χ0) is 15.5. The first-order chi connectivity index (χ1) is 10.6. The van der Waals surface area contributed by atoms with E-state index in [1.807, 2.05) is 42.5 Å². The molecule has 1 fully saturated rings. The quantitative estimate of drug-likeness (QED) is 0.376. The van der Waals surface area contributed by atoms with Crippen LogP contribution in [0.2, 0.25) is 10.0 Å². The number of hydrogen-bond acceptors (Lipinski definition) is 1. The van der Waals surface area contributed by atoms with E-state index < -0.39 is 0 Å². The van der Waals surface area contributed by atoms with Gasteiger partial charge in [0, 0.05) is 22.3 Å².